The Bertz CT molecular complexity index is 600. The molecule has 1 saturated heterocycles. The molecule has 2 aliphatic rings. The zero-order valence-corrected chi connectivity index (χ0v) is 12.1. The molecule has 1 saturated carbocycles. The van der Waals surface area contributed by atoms with Crippen LogP contribution in [0.3, 0.4) is 0 Å². The molecular formula is C16H18FNO4. The van der Waals surface area contributed by atoms with Crippen molar-refractivity contribution in [2.24, 2.45) is 0 Å². The van der Waals surface area contributed by atoms with Crippen molar-refractivity contribution in [2.45, 2.75) is 30.8 Å². The van der Waals surface area contributed by atoms with E-state index in [-0.39, 0.29) is 24.9 Å². The summed E-state index contributed by atoms with van der Waals surface area (Å²) in [5.41, 5.74) is -0.0233. The smallest absolute Gasteiger partial charge is 0.334 e. The molecule has 0 radical (unpaired) electrons. The molecule has 1 N–H and O–H groups in total. The molecule has 3 rings (SSSR count). The van der Waals surface area contributed by atoms with Crippen LogP contribution in [-0.4, -0.2) is 47.7 Å². The van der Waals surface area contributed by atoms with Crippen LogP contribution in [0.5, 0.6) is 0 Å². The summed E-state index contributed by atoms with van der Waals surface area (Å²) < 4.78 is 18.7. The maximum atomic E-state index is 13.5. The molecule has 1 aliphatic carbocycles. The van der Waals surface area contributed by atoms with E-state index >= 15 is 0 Å². The second-order valence-corrected chi connectivity index (χ2v) is 5.89. The van der Waals surface area contributed by atoms with Crippen LogP contribution in [0.4, 0.5) is 4.39 Å². The van der Waals surface area contributed by atoms with Gasteiger partial charge in [0.05, 0.1) is 18.6 Å². The van der Waals surface area contributed by atoms with Gasteiger partial charge >= 0.3 is 5.97 Å². The van der Waals surface area contributed by atoms with Crippen molar-refractivity contribution < 1.29 is 23.8 Å². The van der Waals surface area contributed by atoms with Gasteiger partial charge in [0, 0.05) is 6.54 Å². The van der Waals surface area contributed by atoms with Gasteiger partial charge in [0.25, 0.3) is 0 Å². The number of nitrogens with zero attached hydrogens (tertiary/aromatic N) is 1. The quantitative estimate of drug-likeness (QED) is 0.920. The molecule has 0 aromatic heterocycles. The molecule has 0 spiro atoms. The number of carboxylic acid groups (broad SMARTS) is 1. The number of halogens is 1. The third kappa shape index (κ3) is 2.47. The van der Waals surface area contributed by atoms with Crippen LogP contribution in [-0.2, 0) is 19.7 Å². The highest BCUT2D eigenvalue weighted by molar-refractivity contribution is 5.90. The summed E-state index contributed by atoms with van der Waals surface area (Å²) in [7, 11) is 0. The molecule has 0 bridgehead atoms. The summed E-state index contributed by atoms with van der Waals surface area (Å²) in [5.74, 6) is -1.54. The molecule has 1 aromatic carbocycles. The van der Waals surface area contributed by atoms with E-state index in [4.69, 9.17) is 9.84 Å². The van der Waals surface area contributed by atoms with Crippen molar-refractivity contribution in [3.63, 3.8) is 0 Å². The van der Waals surface area contributed by atoms with E-state index in [1.807, 2.05) is 0 Å². The molecule has 6 heteroatoms. The Balaban J connectivity index is 1.84. The Hall–Kier alpha value is -1.95. The fraction of sp³-hybridized carbons (Fsp3) is 0.500. The van der Waals surface area contributed by atoms with Crippen molar-refractivity contribution in [3.05, 3.63) is 35.6 Å². The average Bonchev–Trinajstić information content (AvgIpc) is 2.46. The van der Waals surface area contributed by atoms with Gasteiger partial charge in [-0.15, -0.1) is 0 Å². The minimum absolute atomic E-state index is 0.0469. The first-order valence-electron chi connectivity index (χ1n) is 7.43. The number of carbonyl (C=O) groups excluding carboxylic acids is 1. The van der Waals surface area contributed by atoms with Crippen LogP contribution in [0, 0.1) is 5.82 Å². The first-order valence-corrected chi connectivity index (χ1v) is 7.43. The lowest BCUT2D eigenvalue weighted by Gasteiger charge is -2.45. The summed E-state index contributed by atoms with van der Waals surface area (Å²) in [5, 5.41) is 9.05. The van der Waals surface area contributed by atoms with Crippen LogP contribution in [0.25, 0.3) is 0 Å². The second-order valence-electron chi connectivity index (χ2n) is 5.89. The van der Waals surface area contributed by atoms with Crippen LogP contribution in [0.15, 0.2) is 24.3 Å². The molecular weight excluding hydrogens is 289 g/mol. The second kappa shape index (κ2) is 5.68. The largest absolute Gasteiger partial charge is 0.479 e. The maximum absolute atomic E-state index is 13.5. The molecule has 1 amide bonds. The summed E-state index contributed by atoms with van der Waals surface area (Å²) in [4.78, 5) is 25.5. The summed E-state index contributed by atoms with van der Waals surface area (Å²) in [6.45, 7) is 0.632. The standard InChI is InChI=1S/C16H18FNO4/c17-12-4-1-3-11(9-12)16(5-2-6-16)15(21)18-7-8-22-13(10-18)14(19)20/h1,3-4,9,13H,2,5-8,10H2,(H,19,20). The summed E-state index contributed by atoms with van der Waals surface area (Å²) in [6.07, 6.45) is 1.27. The van der Waals surface area contributed by atoms with Crippen molar-refractivity contribution in [3.8, 4) is 0 Å². The number of carboxylic acids is 1. The van der Waals surface area contributed by atoms with Gasteiger partial charge in [0.2, 0.25) is 5.91 Å². The minimum Gasteiger partial charge on any atom is -0.479 e. The number of rotatable bonds is 3. The number of aliphatic carboxylic acids is 1. The van der Waals surface area contributed by atoms with E-state index in [9.17, 15) is 14.0 Å². The van der Waals surface area contributed by atoms with Crippen molar-refractivity contribution in [1.82, 2.24) is 4.90 Å². The Morgan fingerprint density at radius 3 is 2.73 bits per heavy atom. The molecule has 5 nitrogen and oxygen atoms in total. The first-order chi connectivity index (χ1) is 10.5. The van der Waals surface area contributed by atoms with Gasteiger partial charge in [-0.25, -0.2) is 9.18 Å². The number of carbonyl (C=O) groups is 2. The Kier molecular flexibility index (Phi) is 3.87. The molecule has 2 fully saturated rings. The Morgan fingerprint density at radius 2 is 2.14 bits per heavy atom. The topological polar surface area (TPSA) is 66.8 Å². The number of amides is 1. The van der Waals surface area contributed by atoms with E-state index < -0.39 is 17.5 Å². The average molecular weight is 307 g/mol. The van der Waals surface area contributed by atoms with Gasteiger partial charge in [-0.05, 0) is 30.5 Å². The fourth-order valence-corrected chi connectivity index (χ4v) is 3.23. The lowest BCUT2D eigenvalue weighted by molar-refractivity contribution is -0.162. The predicted octanol–water partition coefficient (Wildman–Crippen LogP) is 1.56. The number of hydrogen-bond acceptors (Lipinski definition) is 3. The van der Waals surface area contributed by atoms with E-state index in [0.717, 1.165) is 6.42 Å². The minimum atomic E-state index is -1.06. The van der Waals surface area contributed by atoms with Gasteiger partial charge in [-0.1, -0.05) is 18.6 Å². The van der Waals surface area contributed by atoms with Crippen molar-refractivity contribution in [2.75, 3.05) is 19.7 Å². The van der Waals surface area contributed by atoms with E-state index in [1.54, 1.807) is 17.0 Å². The normalized spacial score (nSPS) is 23.7. The fourth-order valence-electron chi connectivity index (χ4n) is 3.23. The summed E-state index contributed by atoms with van der Waals surface area (Å²) in [6, 6.07) is 6.15. The van der Waals surface area contributed by atoms with Gasteiger partial charge in [-0.3, -0.25) is 4.79 Å². The molecule has 1 atom stereocenters. The van der Waals surface area contributed by atoms with Crippen LogP contribution >= 0.6 is 0 Å². The molecule has 22 heavy (non-hydrogen) atoms. The summed E-state index contributed by atoms with van der Waals surface area (Å²) >= 11 is 0. The highest BCUT2D eigenvalue weighted by Crippen LogP contribution is 2.45. The first kappa shape index (κ1) is 15.0. The third-order valence-corrected chi connectivity index (χ3v) is 4.62. The highest BCUT2D eigenvalue weighted by Gasteiger charge is 2.48. The van der Waals surface area contributed by atoms with Crippen LogP contribution < -0.4 is 0 Å². The zero-order valence-electron chi connectivity index (χ0n) is 12.1. The zero-order chi connectivity index (χ0) is 15.7. The van der Waals surface area contributed by atoms with Gasteiger partial charge in [0.1, 0.15) is 5.82 Å². The lowest BCUT2D eigenvalue weighted by Crippen LogP contribution is -2.56. The monoisotopic (exact) mass is 307 g/mol. The van der Waals surface area contributed by atoms with Gasteiger partial charge < -0.3 is 14.7 Å². The predicted molar refractivity (Wildman–Crippen MR) is 75.9 cm³/mol. The highest BCUT2D eigenvalue weighted by atomic mass is 19.1. The van der Waals surface area contributed by atoms with Crippen LogP contribution in [0.1, 0.15) is 24.8 Å². The third-order valence-electron chi connectivity index (χ3n) is 4.62. The number of ether oxygens (including phenoxy) is 1. The Morgan fingerprint density at radius 1 is 1.36 bits per heavy atom. The Labute approximate surface area is 127 Å². The van der Waals surface area contributed by atoms with Gasteiger partial charge in [0.15, 0.2) is 6.10 Å². The number of hydrogen-bond donors (Lipinski definition) is 1. The number of morpholine rings is 1. The molecule has 1 aromatic rings. The lowest BCUT2D eigenvalue weighted by atomic mass is 9.63. The van der Waals surface area contributed by atoms with Crippen molar-refractivity contribution in [1.29, 1.82) is 0 Å². The number of benzene rings is 1. The molecule has 1 unspecified atom stereocenters. The van der Waals surface area contributed by atoms with E-state index in [0.29, 0.717) is 24.9 Å². The molecule has 1 heterocycles. The van der Waals surface area contributed by atoms with Gasteiger partial charge in [-0.2, -0.15) is 0 Å². The van der Waals surface area contributed by atoms with Crippen molar-refractivity contribution >= 4 is 11.9 Å². The molecule has 1 aliphatic heterocycles. The van der Waals surface area contributed by atoms with Crippen LogP contribution in [0.2, 0.25) is 0 Å². The maximum Gasteiger partial charge on any atom is 0.334 e. The van der Waals surface area contributed by atoms with E-state index in [2.05, 4.69) is 0 Å². The van der Waals surface area contributed by atoms with E-state index in [1.165, 1.54) is 12.1 Å². The molecule has 118 valence electrons. The SMILES string of the molecule is O=C(O)C1CN(C(=O)C2(c3cccc(F)c3)CCC2)CCO1.